The Kier molecular flexibility index (Phi) is 5.11. The van der Waals surface area contributed by atoms with Gasteiger partial charge in [-0.3, -0.25) is 4.79 Å². The van der Waals surface area contributed by atoms with Gasteiger partial charge in [-0.25, -0.2) is 13.2 Å². The molecule has 0 bridgehead atoms. The van der Waals surface area contributed by atoms with Crippen molar-refractivity contribution < 1.29 is 22.7 Å². The van der Waals surface area contributed by atoms with Crippen LogP contribution >= 0.6 is 22.7 Å². The molecule has 0 amide bonds. The molecular formula is C18H20O5S3. The van der Waals surface area contributed by atoms with Crippen molar-refractivity contribution in [2.45, 2.75) is 37.3 Å². The number of sulfone groups is 1. The highest BCUT2D eigenvalue weighted by Gasteiger charge is 2.39. The molecule has 0 spiro atoms. The largest absolute Gasteiger partial charge is 0.461 e. The molecule has 2 aromatic rings. The third-order valence-corrected chi connectivity index (χ3v) is 8.05. The van der Waals surface area contributed by atoms with Crippen molar-refractivity contribution in [2.75, 3.05) is 12.9 Å². The summed E-state index contributed by atoms with van der Waals surface area (Å²) in [6, 6.07) is 1.97. The van der Waals surface area contributed by atoms with Crippen molar-refractivity contribution >= 4 is 44.3 Å². The van der Waals surface area contributed by atoms with E-state index < -0.39 is 15.8 Å². The molecule has 1 aliphatic carbocycles. The van der Waals surface area contributed by atoms with Crippen LogP contribution in [0.15, 0.2) is 21.0 Å². The molecule has 140 valence electrons. The van der Waals surface area contributed by atoms with Gasteiger partial charge in [-0.2, -0.15) is 11.3 Å². The summed E-state index contributed by atoms with van der Waals surface area (Å²) in [6.07, 6.45) is 2.42. The summed E-state index contributed by atoms with van der Waals surface area (Å²) in [6.45, 7) is 4.10. The van der Waals surface area contributed by atoms with Crippen LogP contribution < -0.4 is 0 Å². The SMILES string of the molecule is CC1(C)CC(=O)c2c(S(C)(=O)=O)sc(C(=O)OCCc3ccsc3)c2C1. The van der Waals surface area contributed by atoms with Gasteiger partial charge < -0.3 is 4.74 Å². The van der Waals surface area contributed by atoms with E-state index in [0.717, 1.165) is 23.2 Å². The minimum Gasteiger partial charge on any atom is -0.461 e. The van der Waals surface area contributed by atoms with E-state index in [1.165, 1.54) is 0 Å². The van der Waals surface area contributed by atoms with E-state index in [0.29, 0.717) is 18.4 Å². The van der Waals surface area contributed by atoms with Gasteiger partial charge in [-0.15, -0.1) is 11.3 Å². The lowest BCUT2D eigenvalue weighted by Crippen LogP contribution is -2.28. The summed E-state index contributed by atoms with van der Waals surface area (Å²) in [5.74, 6) is -0.771. The summed E-state index contributed by atoms with van der Waals surface area (Å²) in [4.78, 5) is 25.4. The van der Waals surface area contributed by atoms with Crippen LogP contribution in [0.4, 0.5) is 0 Å². The molecule has 2 heterocycles. The first-order valence-electron chi connectivity index (χ1n) is 8.15. The van der Waals surface area contributed by atoms with Gasteiger partial charge in [0.2, 0.25) is 0 Å². The molecule has 0 atom stereocenters. The van der Waals surface area contributed by atoms with Crippen molar-refractivity contribution in [3.05, 3.63) is 38.4 Å². The standard InChI is InChI=1S/C18H20O5S3/c1-18(2)8-12-14(13(19)9-18)17(26(3,21)22)25-15(12)16(20)23-6-4-11-5-7-24-10-11/h5,7,10H,4,6,8-9H2,1-3H3. The third kappa shape index (κ3) is 3.92. The Balaban J connectivity index is 1.91. The molecule has 26 heavy (non-hydrogen) atoms. The predicted octanol–water partition coefficient (Wildman–Crippen LogP) is 3.77. The number of fused-ring (bicyclic) bond motifs is 1. The quantitative estimate of drug-likeness (QED) is 0.699. The van der Waals surface area contributed by atoms with Gasteiger partial charge in [0.05, 0.1) is 12.2 Å². The summed E-state index contributed by atoms with van der Waals surface area (Å²) in [5, 5.41) is 3.95. The molecule has 3 rings (SSSR count). The van der Waals surface area contributed by atoms with Crippen molar-refractivity contribution in [1.82, 2.24) is 0 Å². The number of hydrogen-bond donors (Lipinski definition) is 0. The second-order valence-corrected chi connectivity index (χ2v) is 11.3. The van der Waals surface area contributed by atoms with Crippen LogP contribution in [0.2, 0.25) is 0 Å². The highest BCUT2D eigenvalue weighted by Crippen LogP contribution is 2.43. The van der Waals surface area contributed by atoms with Gasteiger partial charge in [0.25, 0.3) is 0 Å². The average molecular weight is 413 g/mol. The lowest BCUT2D eigenvalue weighted by molar-refractivity contribution is 0.0513. The molecule has 0 aromatic carbocycles. The molecule has 8 heteroatoms. The van der Waals surface area contributed by atoms with Gasteiger partial charge in [0.1, 0.15) is 9.09 Å². The lowest BCUT2D eigenvalue weighted by atomic mass is 9.74. The van der Waals surface area contributed by atoms with Gasteiger partial charge in [0, 0.05) is 19.1 Å². The van der Waals surface area contributed by atoms with Crippen molar-refractivity contribution in [2.24, 2.45) is 5.41 Å². The van der Waals surface area contributed by atoms with Crippen LogP contribution in [0.3, 0.4) is 0 Å². The van der Waals surface area contributed by atoms with Crippen molar-refractivity contribution in [3.63, 3.8) is 0 Å². The van der Waals surface area contributed by atoms with Crippen LogP contribution in [0, 0.1) is 5.41 Å². The van der Waals surface area contributed by atoms with E-state index in [2.05, 4.69) is 0 Å². The summed E-state index contributed by atoms with van der Waals surface area (Å²) in [5.41, 5.74) is 1.49. The zero-order valence-electron chi connectivity index (χ0n) is 14.8. The van der Waals surface area contributed by atoms with E-state index >= 15 is 0 Å². The first-order chi connectivity index (χ1) is 12.1. The highest BCUT2D eigenvalue weighted by atomic mass is 32.2. The number of carbonyl (C=O) groups is 2. The molecule has 0 unspecified atom stereocenters. The number of Topliss-reactive ketones (excluding diaryl/α,β-unsaturated/α-hetero) is 1. The number of ketones is 1. The summed E-state index contributed by atoms with van der Waals surface area (Å²) in [7, 11) is -3.59. The summed E-state index contributed by atoms with van der Waals surface area (Å²) < 4.78 is 29.6. The minimum atomic E-state index is -3.59. The maximum Gasteiger partial charge on any atom is 0.348 e. The predicted molar refractivity (Wildman–Crippen MR) is 102 cm³/mol. The van der Waals surface area contributed by atoms with E-state index in [-0.39, 0.29) is 38.9 Å². The number of carbonyl (C=O) groups excluding carboxylic acids is 2. The molecular weight excluding hydrogens is 392 g/mol. The van der Waals surface area contributed by atoms with Crippen LogP contribution in [0.5, 0.6) is 0 Å². The smallest absolute Gasteiger partial charge is 0.348 e. The molecule has 0 fully saturated rings. The topological polar surface area (TPSA) is 77.5 Å². The van der Waals surface area contributed by atoms with E-state index in [9.17, 15) is 18.0 Å². The molecule has 2 aromatic heterocycles. The molecule has 0 radical (unpaired) electrons. The molecule has 0 aliphatic heterocycles. The minimum absolute atomic E-state index is 0.0159. The summed E-state index contributed by atoms with van der Waals surface area (Å²) >= 11 is 2.44. The zero-order chi connectivity index (χ0) is 19.1. The van der Waals surface area contributed by atoms with Crippen LogP contribution in [-0.4, -0.2) is 33.0 Å². The van der Waals surface area contributed by atoms with E-state index in [1.807, 2.05) is 30.7 Å². The fraction of sp³-hybridized carbons (Fsp3) is 0.444. The van der Waals surface area contributed by atoms with Gasteiger partial charge >= 0.3 is 5.97 Å². The van der Waals surface area contributed by atoms with Crippen molar-refractivity contribution in [1.29, 1.82) is 0 Å². The number of ether oxygens (including phenoxy) is 1. The molecule has 1 aliphatic rings. The first-order valence-corrected chi connectivity index (χ1v) is 11.8. The lowest BCUT2D eigenvalue weighted by Gasteiger charge is -2.29. The second kappa shape index (κ2) is 6.90. The Hall–Kier alpha value is -1.51. The normalized spacial score (nSPS) is 16.3. The fourth-order valence-corrected chi connectivity index (χ4v) is 6.28. The zero-order valence-corrected chi connectivity index (χ0v) is 17.3. The van der Waals surface area contributed by atoms with Crippen molar-refractivity contribution in [3.8, 4) is 0 Å². The number of esters is 1. The van der Waals surface area contributed by atoms with E-state index in [1.54, 1.807) is 11.3 Å². The maximum atomic E-state index is 12.6. The van der Waals surface area contributed by atoms with Crippen LogP contribution in [-0.2, 0) is 27.4 Å². The Morgan fingerprint density at radius 3 is 2.65 bits per heavy atom. The molecule has 0 saturated heterocycles. The van der Waals surface area contributed by atoms with Crippen LogP contribution in [0.1, 0.15) is 51.4 Å². The van der Waals surface area contributed by atoms with E-state index in [4.69, 9.17) is 4.74 Å². The van der Waals surface area contributed by atoms with Crippen LogP contribution in [0.25, 0.3) is 0 Å². The Labute approximate surface area is 160 Å². The molecule has 5 nitrogen and oxygen atoms in total. The monoisotopic (exact) mass is 412 g/mol. The Morgan fingerprint density at radius 1 is 1.31 bits per heavy atom. The van der Waals surface area contributed by atoms with Gasteiger partial charge in [-0.1, -0.05) is 13.8 Å². The van der Waals surface area contributed by atoms with Gasteiger partial charge in [0.15, 0.2) is 15.6 Å². The Bertz CT molecular complexity index is 949. The second-order valence-electron chi connectivity index (χ2n) is 7.30. The Morgan fingerprint density at radius 2 is 2.04 bits per heavy atom. The average Bonchev–Trinajstić information content (AvgIpc) is 3.12. The molecule has 0 N–H and O–H groups in total. The molecule has 0 saturated carbocycles. The fourth-order valence-electron chi connectivity index (χ4n) is 3.14. The maximum absolute atomic E-state index is 12.6. The third-order valence-electron chi connectivity index (χ3n) is 4.27. The number of hydrogen-bond acceptors (Lipinski definition) is 7. The number of rotatable bonds is 5. The van der Waals surface area contributed by atoms with Gasteiger partial charge in [-0.05, 0) is 39.8 Å². The first kappa shape index (κ1) is 19.3. The number of thiophene rings is 2. The highest BCUT2D eigenvalue weighted by molar-refractivity contribution is 7.92.